The van der Waals surface area contributed by atoms with Crippen LogP contribution in [0.1, 0.15) is 245 Å². The Kier molecular flexibility index (Phi) is 49.7. The molecule has 0 spiro atoms. The summed E-state index contributed by atoms with van der Waals surface area (Å²) in [5.41, 5.74) is 0. The van der Waals surface area contributed by atoms with Gasteiger partial charge in [0.15, 0.2) is 18.9 Å². The number of hydrogen-bond donors (Lipinski definition) is 12. The van der Waals surface area contributed by atoms with Crippen molar-refractivity contribution in [3.05, 3.63) is 85.1 Å². The highest BCUT2D eigenvalue weighted by molar-refractivity contribution is 5.76. The summed E-state index contributed by atoms with van der Waals surface area (Å²) in [6.07, 6.45) is 44.7. The second kappa shape index (κ2) is 54.9. The van der Waals surface area contributed by atoms with Gasteiger partial charge in [0.25, 0.3) is 0 Å². The predicted molar refractivity (Wildman–Crippen MR) is 364 cm³/mol. The number of rotatable bonds is 55. The highest BCUT2D eigenvalue weighted by atomic mass is 16.8. The predicted octanol–water partition coefficient (Wildman–Crippen LogP) is 10.3. The van der Waals surface area contributed by atoms with Crippen LogP contribution >= 0.6 is 0 Å². The Morgan fingerprint density at radius 1 is 0.398 bits per heavy atom. The Balaban J connectivity index is 1.30. The molecule has 1 amide bonds. The van der Waals surface area contributed by atoms with Crippen LogP contribution in [0.4, 0.5) is 0 Å². The number of hydrogen-bond acceptors (Lipinski definition) is 18. The maximum Gasteiger partial charge on any atom is 0.220 e. The molecule has 0 aromatic heterocycles. The van der Waals surface area contributed by atoms with Gasteiger partial charge in [0, 0.05) is 6.42 Å². The highest BCUT2D eigenvalue weighted by Gasteiger charge is 2.53. The third-order valence-electron chi connectivity index (χ3n) is 17.6. The third-order valence-corrected chi connectivity index (χ3v) is 17.6. The molecule has 0 aromatic carbocycles. The first-order chi connectivity index (χ1) is 45.3. The van der Waals surface area contributed by atoms with Crippen LogP contribution in [-0.4, -0.2) is 193 Å². The molecule has 3 saturated heterocycles. The molecule has 0 radical (unpaired) electrons. The normalized spacial score (nSPS) is 28.0. The summed E-state index contributed by atoms with van der Waals surface area (Å²) in [6, 6.07) is -0.997. The lowest BCUT2D eigenvalue weighted by Crippen LogP contribution is -2.66. The van der Waals surface area contributed by atoms with Crippen molar-refractivity contribution in [2.75, 3.05) is 26.4 Å². The van der Waals surface area contributed by atoms with Gasteiger partial charge in [-0.1, -0.05) is 247 Å². The van der Waals surface area contributed by atoms with Crippen molar-refractivity contribution in [3.8, 4) is 0 Å². The molecule has 538 valence electrons. The highest BCUT2D eigenvalue weighted by Crippen LogP contribution is 2.33. The fraction of sp³-hybridized carbons (Fsp3) is 0.797. The zero-order chi connectivity index (χ0) is 67.5. The number of carbonyl (C=O) groups is 1. The Morgan fingerprint density at radius 2 is 0.753 bits per heavy atom. The van der Waals surface area contributed by atoms with Gasteiger partial charge in [0.2, 0.25) is 5.91 Å². The average molecular weight is 1320 g/mol. The molecule has 17 atom stereocenters. The number of ether oxygens (including phenoxy) is 6. The number of amides is 1. The first-order valence-electron chi connectivity index (χ1n) is 36.3. The number of nitrogens with one attached hydrogen (secondary N) is 1. The Bertz CT molecular complexity index is 2010. The number of aliphatic hydroxyl groups excluding tert-OH is 11. The van der Waals surface area contributed by atoms with Crippen molar-refractivity contribution in [1.82, 2.24) is 5.32 Å². The van der Waals surface area contributed by atoms with E-state index in [1.165, 1.54) is 135 Å². The van der Waals surface area contributed by atoms with Gasteiger partial charge in [0.1, 0.15) is 73.2 Å². The van der Waals surface area contributed by atoms with Gasteiger partial charge in [-0.3, -0.25) is 4.79 Å². The summed E-state index contributed by atoms with van der Waals surface area (Å²) >= 11 is 0. The van der Waals surface area contributed by atoms with Crippen molar-refractivity contribution in [1.29, 1.82) is 0 Å². The van der Waals surface area contributed by atoms with Crippen LogP contribution in [0.15, 0.2) is 85.1 Å². The first-order valence-corrected chi connectivity index (χ1v) is 36.3. The quantitative estimate of drug-likeness (QED) is 0.0199. The summed E-state index contributed by atoms with van der Waals surface area (Å²) in [5.74, 6) is -0.290. The van der Waals surface area contributed by atoms with Crippen molar-refractivity contribution in [2.45, 2.75) is 349 Å². The summed E-state index contributed by atoms with van der Waals surface area (Å²) in [4.78, 5) is 13.4. The van der Waals surface area contributed by atoms with Crippen LogP contribution in [0.25, 0.3) is 0 Å². The van der Waals surface area contributed by atoms with E-state index in [2.05, 4.69) is 92.1 Å². The minimum atomic E-state index is -1.98. The van der Waals surface area contributed by atoms with E-state index in [9.17, 15) is 61.0 Å². The lowest BCUT2D eigenvalue weighted by atomic mass is 9.96. The van der Waals surface area contributed by atoms with Crippen LogP contribution in [-0.2, 0) is 33.2 Å². The van der Waals surface area contributed by atoms with E-state index in [1.807, 2.05) is 6.08 Å². The van der Waals surface area contributed by atoms with E-state index in [0.717, 1.165) is 77.0 Å². The van der Waals surface area contributed by atoms with Crippen LogP contribution in [0.2, 0.25) is 0 Å². The maximum absolute atomic E-state index is 13.4. The third kappa shape index (κ3) is 36.4. The molecule has 3 aliphatic rings. The molecule has 3 heterocycles. The van der Waals surface area contributed by atoms with Crippen LogP contribution in [0, 0.1) is 0 Å². The van der Waals surface area contributed by atoms with Crippen LogP contribution in [0.3, 0.4) is 0 Å². The minimum absolute atomic E-state index is 0.232. The molecule has 93 heavy (non-hydrogen) atoms. The van der Waals surface area contributed by atoms with Crippen LogP contribution < -0.4 is 5.32 Å². The average Bonchev–Trinajstić information content (AvgIpc) is 0.805. The molecular weight excluding hydrogens is 1190 g/mol. The second-order valence-electron chi connectivity index (χ2n) is 25.6. The lowest BCUT2D eigenvalue weighted by molar-refractivity contribution is -0.379. The molecule has 3 fully saturated rings. The Morgan fingerprint density at radius 3 is 1.19 bits per heavy atom. The van der Waals surface area contributed by atoms with E-state index >= 15 is 0 Å². The topological polar surface area (TPSA) is 307 Å². The monoisotopic (exact) mass is 1320 g/mol. The number of allylic oxidation sites excluding steroid dienone is 13. The number of aliphatic hydroxyl groups is 11. The SMILES string of the molecule is CC/C=C\C/C=C\C/C=C\C/C=C\CCCCCCCCCCCCCCCCCCCCCCCCCCC(=O)NC(COC1OC(CO)C(OC2OC(CO)C(OC3OC(CO)C(O)C(O)C3O)C(O)C2O)C(O)C1O)C(O)/C=C/CC/C=C/CC/C=C/CCC. The van der Waals surface area contributed by atoms with Gasteiger partial charge in [0.05, 0.1) is 38.6 Å². The molecule has 12 N–H and O–H groups in total. The molecule has 3 rings (SSSR count). The van der Waals surface area contributed by atoms with Crippen molar-refractivity contribution < 1.29 is 89.4 Å². The summed E-state index contributed by atoms with van der Waals surface area (Å²) in [5, 5.41) is 120. The minimum Gasteiger partial charge on any atom is -0.394 e. The number of unbranched alkanes of at least 4 members (excludes halogenated alkanes) is 27. The molecule has 0 aliphatic carbocycles. The molecular formula is C74H129NO18. The molecule has 0 saturated carbocycles. The molecule has 17 unspecified atom stereocenters. The summed E-state index contributed by atoms with van der Waals surface area (Å²) in [6.45, 7) is 1.51. The van der Waals surface area contributed by atoms with Gasteiger partial charge in [-0.15, -0.1) is 0 Å². The van der Waals surface area contributed by atoms with Crippen LogP contribution in [0.5, 0.6) is 0 Å². The van der Waals surface area contributed by atoms with Gasteiger partial charge < -0.3 is 89.9 Å². The lowest BCUT2D eigenvalue weighted by Gasteiger charge is -2.48. The smallest absolute Gasteiger partial charge is 0.220 e. The summed E-state index contributed by atoms with van der Waals surface area (Å²) in [7, 11) is 0. The van der Waals surface area contributed by atoms with Crippen molar-refractivity contribution in [3.63, 3.8) is 0 Å². The Labute approximate surface area is 559 Å². The molecule has 0 bridgehead atoms. The standard InChI is InChI=1S/C74H129NO18/c1-3-5-7-9-11-13-15-16-17-18-19-20-21-22-23-24-25-26-27-28-29-30-31-32-33-34-35-36-37-38-39-40-42-44-46-48-50-52-62(80)75-57(58(79)51-49-47-45-43-41-14-12-10-8-6-4-2)56-88-72-68(86)65(83)70(60(54-77)90-72)93-74-69(87)66(84)71(61(55-78)91-74)92-73-67(85)64(82)63(81)59(53-76)89-73/h5,7-8,10-11,13,16-17,19-20,41,43,49,51,57-61,63-74,76-79,81-87H,3-4,6,9,12,14-15,18,21-40,42,44-48,50,52-56H2,1-2H3,(H,75,80)/b7-5-,10-8+,13-11-,17-16-,20-19-,43-41+,51-49+. The van der Waals surface area contributed by atoms with Gasteiger partial charge in [-0.05, 0) is 77.0 Å². The van der Waals surface area contributed by atoms with E-state index in [4.69, 9.17) is 28.4 Å². The molecule has 19 heteroatoms. The molecule has 19 nitrogen and oxygen atoms in total. The number of carbonyl (C=O) groups excluding carboxylic acids is 1. The Hall–Kier alpha value is -3.03. The van der Waals surface area contributed by atoms with E-state index in [0.29, 0.717) is 12.8 Å². The largest absolute Gasteiger partial charge is 0.394 e. The van der Waals surface area contributed by atoms with Gasteiger partial charge >= 0.3 is 0 Å². The van der Waals surface area contributed by atoms with Gasteiger partial charge in [-0.25, -0.2) is 0 Å². The maximum atomic E-state index is 13.4. The fourth-order valence-electron chi connectivity index (χ4n) is 11.8. The second-order valence-corrected chi connectivity index (χ2v) is 25.6. The molecule has 0 aromatic rings. The first kappa shape index (κ1) is 84.2. The zero-order valence-electron chi connectivity index (χ0n) is 57.0. The van der Waals surface area contributed by atoms with E-state index < -0.39 is 124 Å². The van der Waals surface area contributed by atoms with Gasteiger partial charge in [-0.2, -0.15) is 0 Å². The van der Waals surface area contributed by atoms with Crippen molar-refractivity contribution >= 4 is 5.91 Å². The zero-order valence-corrected chi connectivity index (χ0v) is 57.0. The van der Waals surface area contributed by atoms with E-state index in [-0.39, 0.29) is 18.9 Å². The molecule has 3 aliphatic heterocycles. The van der Waals surface area contributed by atoms with E-state index in [1.54, 1.807) is 6.08 Å². The van der Waals surface area contributed by atoms with Crippen molar-refractivity contribution in [2.24, 2.45) is 0 Å². The fourth-order valence-corrected chi connectivity index (χ4v) is 11.8. The summed E-state index contributed by atoms with van der Waals surface area (Å²) < 4.78 is 34.3.